The standard InChI is InChI=1S/C20H22N2O3S/c23-20(15-6-4-5-7-15)22-13-12-16-14-17(10-11-19(16)22)21-26(24,25)18-8-2-1-3-9-18/h1-3,8-11,14-15,21H,4-7,12-13H2. The normalized spacial score (nSPS) is 17.3. The van der Waals surface area contributed by atoms with Crippen LogP contribution in [0.4, 0.5) is 11.4 Å². The molecule has 0 spiro atoms. The van der Waals surface area contributed by atoms with Gasteiger partial charge in [0.1, 0.15) is 0 Å². The zero-order valence-electron chi connectivity index (χ0n) is 14.5. The molecule has 1 amide bonds. The van der Waals surface area contributed by atoms with Crippen LogP contribution in [0.25, 0.3) is 0 Å². The van der Waals surface area contributed by atoms with E-state index in [4.69, 9.17) is 0 Å². The summed E-state index contributed by atoms with van der Waals surface area (Å²) in [7, 11) is -3.60. The van der Waals surface area contributed by atoms with E-state index < -0.39 is 10.0 Å². The summed E-state index contributed by atoms with van der Waals surface area (Å²) in [6.45, 7) is 0.680. The Hall–Kier alpha value is -2.34. The van der Waals surface area contributed by atoms with Crippen molar-refractivity contribution in [2.75, 3.05) is 16.2 Å². The van der Waals surface area contributed by atoms with E-state index >= 15 is 0 Å². The number of nitrogens with zero attached hydrogens (tertiary/aromatic N) is 1. The van der Waals surface area contributed by atoms with Gasteiger partial charge in [0.25, 0.3) is 10.0 Å². The number of rotatable bonds is 4. The molecule has 1 heterocycles. The molecule has 4 rings (SSSR count). The zero-order valence-corrected chi connectivity index (χ0v) is 15.3. The number of carbonyl (C=O) groups excluding carboxylic acids is 1. The van der Waals surface area contributed by atoms with Crippen LogP contribution < -0.4 is 9.62 Å². The third-order valence-corrected chi connectivity index (χ3v) is 6.65. The Balaban J connectivity index is 1.54. The van der Waals surface area contributed by atoms with Crippen molar-refractivity contribution >= 4 is 27.3 Å². The van der Waals surface area contributed by atoms with Gasteiger partial charge >= 0.3 is 0 Å². The lowest BCUT2D eigenvalue weighted by Gasteiger charge is -2.21. The van der Waals surface area contributed by atoms with Crippen LogP contribution in [0.1, 0.15) is 31.2 Å². The minimum absolute atomic E-state index is 0.150. The van der Waals surface area contributed by atoms with Crippen LogP contribution in [0.5, 0.6) is 0 Å². The second-order valence-electron chi connectivity index (χ2n) is 6.98. The first-order chi connectivity index (χ1) is 12.5. The molecule has 1 fully saturated rings. The lowest BCUT2D eigenvalue weighted by atomic mass is 10.1. The third-order valence-electron chi connectivity index (χ3n) is 5.25. The van der Waals surface area contributed by atoms with Crippen LogP contribution in [0.3, 0.4) is 0 Å². The number of fused-ring (bicyclic) bond motifs is 1. The Kier molecular flexibility index (Phi) is 4.44. The number of sulfonamides is 1. The molecule has 26 heavy (non-hydrogen) atoms. The predicted octanol–water partition coefficient (Wildman–Crippen LogP) is 3.57. The highest BCUT2D eigenvalue weighted by Crippen LogP contribution is 2.35. The minimum Gasteiger partial charge on any atom is -0.312 e. The highest BCUT2D eigenvalue weighted by Gasteiger charge is 2.32. The molecule has 0 bridgehead atoms. The predicted molar refractivity (Wildman–Crippen MR) is 102 cm³/mol. The van der Waals surface area contributed by atoms with Crippen LogP contribution in [0.2, 0.25) is 0 Å². The van der Waals surface area contributed by atoms with Crippen molar-refractivity contribution in [2.24, 2.45) is 5.92 Å². The molecular weight excluding hydrogens is 348 g/mol. The minimum atomic E-state index is -3.60. The summed E-state index contributed by atoms with van der Waals surface area (Å²) in [5.74, 6) is 0.371. The quantitative estimate of drug-likeness (QED) is 0.895. The molecule has 0 aromatic heterocycles. The highest BCUT2D eigenvalue weighted by atomic mass is 32.2. The zero-order chi connectivity index (χ0) is 18.1. The molecule has 2 aromatic rings. The monoisotopic (exact) mass is 370 g/mol. The lowest BCUT2D eigenvalue weighted by molar-refractivity contribution is -0.122. The second-order valence-corrected chi connectivity index (χ2v) is 8.67. The van der Waals surface area contributed by atoms with E-state index in [-0.39, 0.29) is 16.7 Å². The molecular formula is C20H22N2O3S. The number of benzene rings is 2. The SMILES string of the molecule is O=C(C1CCCC1)N1CCc2cc(NS(=O)(=O)c3ccccc3)ccc21. The van der Waals surface area contributed by atoms with E-state index in [9.17, 15) is 13.2 Å². The van der Waals surface area contributed by atoms with Gasteiger partial charge in [-0.05, 0) is 55.2 Å². The summed E-state index contributed by atoms with van der Waals surface area (Å²) in [4.78, 5) is 14.8. The molecule has 5 nitrogen and oxygen atoms in total. The van der Waals surface area contributed by atoms with Crippen molar-refractivity contribution in [3.05, 3.63) is 54.1 Å². The van der Waals surface area contributed by atoms with Gasteiger partial charge in [0.15, 0.2) is 0 Å². The number of amides is 1. The molecule has 1 aliphatic heterocycles. The molecule has 1 N–H and O–H groups in total. The fraction of sp³-hybridized carbons (Fsp3) is 0.350. The number of hydrogen-bond acceptors (Lipinski definition) is 3. The largest absolute Gasteiger partial charge is 0.312 e. The molecule has 2 aliphatic rings. The molecule has 0 atom stereocenters. The van der Waals surface area contributed by atoms with Gasteiger partial charge in [-0.1, -0.05) is 31.0 Å². The molecule has 1 aliphatic carbocycles. The first-order valence-corrected chi connectivity index (χ1v) is 10.5. The van der Waals surface area contributed by atoms with Gasteiger partial charge in [-0.2, -0.15) is 0 Å². The molecule has 0 saturated heterocycles. The first-order valence-electron chi connectivity index (χ1n) is 9.07. The van der Waals surface area contributed by atoms with Crippen molar-refractivity contribution in [1.82, 2.24) is 0 Å². The average Bonchev–Trinajstić information content (AvgIpc) is 3.31. The Bertz CT molecular complexity index is 919. The van der Waals surface area contributed by atoms with Gasteiger partial charge < -0.3 is 4.90 Å². The molecule has 0 unspecified atom stereocenters. The van der Waals surface area contributed by atoms with Crippen molar-refractivity contribution < 1.29 is 13.2 Å². The topological polar surface area (TPSA) is 66.5 Å². The van der Waals surface area contributed by atoms with Crippen LogP contribution in [0, 0.1) is 5.92 Å². The fourth-order valence-electron chi connectivity index (χ4n) is 3.90. The molecule has 136 valence electrons. The van der Waals surface area contributed by atoms with Crippen LogP contribution in [-0.4, -0.2) is 20.9 Å². The van der Waals surface area contributed by atoms with Gasteiger partial charge in [-0.15, -0.1) is 0 Å². The van der Waals surface area contributed by atoms with Gasteiger partial charge in [-0.3, -0.25) is 9.52 Å². The van der Waals surface area contributed by atoms with E-state index in [1.807, 2.05) is 17.0 Å². The maximum Gasteiger partial charge on any atom is 0.261 e. The van der Waals surface area contributed by atoms with E-state index in [1.165, 1.54) is 0 Å². The van der Waals surface area contributed by atoms with Gasteiger partial charge in [0.05, 0.1) is 4.90 Å². The fourth-order valence-corrected chi connectivity index (χ4v) is 4.97. The second kappa shape index (κ2) is 6.76. The first kappa shape index (κ1) is 17.1. The molecule has 0 radical (unpaired) electrons. The van der Waals surface area contributed by atoms with Crippen LogP contribution >= 0.6 is 0 Å². The number of hydrogen-bond donors (Lipinski definition) is 1. The summed E-state index contributed by atoms with van der Waals surface area (Å²) in [6.07, 6.45) is 5.00. The van der Waals surface area contributed by atoms with E-state index in [1.54, 1.807) is 36.4 Å². The molecule has 2 aromatic carbocycles. The molecule has 1 saturated carbocycles. The van der Waals surface area contributed by atoms with Crippen molar-refractivity contribution in [3.63, 3.8) is 0 Å². The average molecular weight is 370 g/mol. The maximum absolute atomic E-state index is 12.7. The summed E-state index contributed by atoms with van der Waals surface area (Å²) >= 11 is 0. The Morgan fingerprint density at radius 2 is 1.77 bits per heavy atom. The summed E-state index contributed by atoms with van der Waals surface area (Å²) < 4.78 is 27.6. The van der Waals surface area contributed by atoms with Gasteiger partial charge in [0, 0.05) is 23.8 Å². The van der Waals surface area contributed by atoms with Gasteiger partial charge in [-0.25, -0.2) is 8.42 Å². The Labute approximate surface area is 154 Å². The maximum atomic E-state index is 12.7. The Morgan fingerprint density at radius 1 is 1.04 bits per heavy atom. The highest BCUT2D eigenvalue weighted by molar-refractivity contribution is 7.92. The van der Waals surface area contributed by atoms with E-state index in [2.05, 4.69) is 4.72 Å². The summed E-state index contributed by atoms with van der Waals surface area (Å²) in [6, 6.07) is 13.8. The summed E-state index contributed by atoms with van der Waals surface area (Å²) in [5, 5.41) is 0. The van der Waals surface area contributed by atoms with Crippen LogP contribution in [0.15, 0.2) is 53.4 Å². The van der Waals surface area contributed by atoms with Crippen molar-refractivity contribution in [3.8, 4) is 0 Å². The van der Waals surface area contributed by atoms with E-state index in [0.717, 1.165) is 43.4 Å². The summed E-state index contributed by atoms with van der Waals surface area (Å²) in [5.41, 5.74) is 2.47. The third kappa shape index (κ3) is 3.21. The van der Waals surface area contributed by atoms with Crippen molar-refractivity contribution in [2.45, 2.75) is 37.0 Å². The number of carbonyl (C=O) groups is 1. The lowest BCUT2D eigenvalue weighted by Crippen LogP contribution is -2.33. The van der Waals surface area contributed by atoms with Crippen molar-refractivity contribution in [1.29, 1.82) is 0 Å². The van der Waals surface area contributed by atoms with E-state index in [0.29, 0.717) is 12.2 Å². The Morgan fingerprint density at radius 3 is 2.50 bits per heavy atom. The molecule has 6 heteroatoms. The van der Waals surface area contributed by atoms with Gasteiger partial charge in [0.2, 0.25) is 5.91 Å². The van der Waals surface area contributed by atoms with Crippen LogP contribution in [-0.2, 0) is 21.2 Å². The smallest absolute Gasteiger partial charge is 0.261 e. The number of anilines is 2. The number of nitrogens with one attached hydrogen (secondary N) is 1.